The SMILES string of the molecule is CC(C)N1C(c2nc3ccccc3cc2C(=O)O)=NC(=O)C1C. The smallest absolute Gasteiger partial charge is 0.338 e. The zero-order valence-electron chi connectivity index (χ0n) is 13.1. The van der Waals surface area contributed by atoms with Crippen LogP contribution in [-0.2, 0) is 4.79 Å². The molecule has 2 aromatic rings. The van der Waals surface area contributed by atoms with Gasteiger partial charge in [-0.3, -0.25) is 4.79 Å². The number of nitrogens with zero attached hydrogens (tertiary/aromatic N) is 3. The Balaban J connectivity index is 2.26. The molecule has 23 heavy (non-hydrogen) atoms. The summed E-state index contributed by atoms with van der Waals surface area (Å²) in [5.74, 6) is -1.03. The lowest BCUT2D eigenvalue weighted by molar-refractivity contribution is -0.120. The van der Waals surface area contributed by atoms with Crippen molar-refractivity contribution in [1.29, 1.82) is 0 Å². The first-order valence-corrected chi connectivity index (χ1v) is 7.44. The van der Waals surface area contributed by atoms with Crippen LogP contribution in [0.1, 0.15) is 36.8 Å². The number of amidine groups is 1. The molecule has 1 aliphatic rings. The Morgan fingerprint density at radius 1 is 1.30 bits per heavy atom. The average Bonchev–Trinajstić information content (AvgIpc) is 2.81. The van der Waals surface area contributed by atoms with E-state index in [0.717, 1.165) is 5.39 Å². The van der Waals surface area contributed by atoms with Crippen LogP contribution in [0.15, 0.2) is 35.3 Å². The predicted molar refractivity (Wildman–Crippen MR) is 86.7 cm³/mol. The Bertz CT molecular complexity index is 842. The van der Waals surface area contributed by atoms with Gasteiger partial charge in [-0.15, -0.1) is 0 Å². The van der Waals surface area contributed by atoms with Gasteiger partial charge in [0.05, 0.1) is 11.1 Å². The number of para-hydroxylation sites is 1. The van der Waals surface area contributed by atoms with Gasteiger partial charge in [-0.25, -0.2) is 9.78 Å². The zero-order valence-corrected chi connectivity index (χ0v) is 13.1. The van der Waals surface area contributed by atoms with Crippen LogP contribution >= 0.6 is 0 Å². The highest BCUT2D eigenvalue weighted by molar-refractivity contribution is 6.15. The van der Waals surface area contributed by atoms with Crippen molar-refractivity contribution < 1.29 is 14.7 Å². The van der Waals surface area contributed by atoms with E-state index in [1.54, 1.807) is 13.0 Å². The molecule has 0 saturated heterocycles. The van der Waals surface area contributed by atoms with Crippen LogP contribution in [0.3, 0.4) is 0 Å². The zero-order chi connectivity index (χ0) is 16.7. The third-order valence-electron chi connectivity index (χ3n) is 3.96. The van der Waals surface area contributed by atoms with Gasteiger partial charge < -0.3 is 10.0 Å². The molecule has 6 heteroatoms. The molecule has 1 unspecified atom stereocenters. The van der Waals surface area contributed by atoms with E-state index in [1.165, 1.54) is 0 Å². The summed E-state index contributed by atoms with van der Waals surface area (Å²) in [6.45, 7) is 5.64. The summed E-state index contributed by atoms with van der Waals surface area (Å²) in [6.07, 6.45) is 0. The van der Waals surface area contributed by atoms with Crippen molar-refractivity contribution >= 4 is 28.6 Å². The van der Waals surface area contributed by atoms with Crippen LogP contribution in [0.4, 0.5) is 0 Å². The fourth-order valence-corrected chi connectivity index (χ4v) is 2.87. The average molecular weight is 311 g/mol. The van der Waals surface area contributed by atoms with Crippen molar-refractivity contribution in [2.24, 2.45) is 4.99 Å². The summed E-state index contributed by atoms with van der Waals surface area (Å²) >= 11 is 0. The Morgan fingerprint density at radius 3 is 2.65 bits per heavy atom. The number of carbonyl (C=O) groups is 2. The normalized spacial score (nSPS) is 17.9. The fourth-order valence-electron chi connectivity index (χ4n) is 2.87. The quantitative estimate of drug-likeness (QED) is 0.940. The number of carbonyl (C=O) groups excluding carboxylic acids is 1. The number of aromatic nitrogens is 1. The number of carboxylic acids is 1. The number of pyridine rings is 1. The highest BCUT2D eigenvalue weighted by atomic mass is 16.4. The molecule has 1 amide bonds. The lowest BCUT2D eigenvalue weighted by atomic mass is 10.1. The Kier molecular flexibility index (Phi) is 3.60. The first-order chi connectivity index (χ1) is 10.9. The van der Waals surface area contributed by atoms with E-state index in [0.29, 0.717) is 11.4 Å². The van der Waals surface area contributed by atoms with E-state index >= 15 is 0 Å². The summed E-state index contributed by atoms with van der Waals surface area (Å²) in [4.78, 5) is 34.0. The molecular formula is C17H17N3O3. The van der Waals surface area contributed by atoms with Crippen LogP contribution < -0.4 is 0 Å². The highest BCUT2D eigenvalue weighted by Gasteiger charge is 2.36. The number of hydrogen-bond donors (Lipinski definition) is 1. The molecule has 0 spiro atoms. The number of rotatable bonds is 3. The van der Waals surface area contributed by atoms with Crippen LogP contribution in [0.2, 0.25) is 0 Å². The minimum atomic E-state index is -1.09. The van der Waals surface area contributed by atoms with Gasteiger partial charge in [0.1, 0.15) is 11.7 Å². The number of carboxylic acid groups (broad SMARTS) is 1. The molecule has 0 radical (unpaired) electrons. The summed E-state index contributed by atoms with van der Waals surface area (Å²) < 4.78 is 0. The number of fused-ring (bicyclic) bond motifs is 1. The van der Waals surface area contributed by atoms with E-state index < -0.39 is 12.0 Å². The fraction of sp³-hybridized carbons (Fsp3) is 0.294. The van der Waals surface area contributed by atoms with Gasteiger partial charge in [-0.1, -0.05) is 18.2 Å². The van der Waals surface area contributed by atoms with Gasteiger partial charge in [0.15, 0.2) is 5.84 Å². The first kappa shape index (κ1) is 15.1. The Labute approximate surface area is 133 Å². The number of aliphatic imine (C=N–C) groups is 1. The monoisotopic (exact) mass is 311 g/mol. The predicted octanol–water partition coefficient (Wildman–Crippen LogP) is 2.32. The second-order valence-electron chi connectivity index (χ2n) is 5.83. The molecule has 3 rings (SSSR count). The maximum atomic E-state index is 12.0. The molecule has 1 atom stereocenters. The van der Waals surface area contributed by atoms with Gasteiger partial charge in [0.25, 0.3) is 5.91 Å². The summed E-state index contributed by atoms with van der Waals surface area (Å²) in [5, 5.41) is 10.3. The molecule has 6 nitrogen and oxygen atoms in total. The van der Waals surface area contributed by atoms with E-state index in [9.17, 15) is 14.7 Å². The molecule has 118 valence electrons. The molecule has 1 aromatic carbocycles. The number of amides is 1. The molecule has 0 saturated carbocycles. The second-order valence-corrected chi connectivity index (χ2v) is 5.83. The largest absolute Gasteiger partial charge is 0.478 e. The van der Waals surface area contributed by atoms with Crippen molar-refractivity contribution in [2.45, 2.75) is 32.9 Å². The molecule has 1 aromatic heterocycles. The maximum Gasteiger partial charge on any atom is 0.338 e. The molecule has 1 aliphatic heterocycles. The second kappa shape index (κ2) is 5.46. The van der Waals surface area contributed by atoms with E-state index in [1.807, 2.05) is 43.0 Å². The number of benzene rings is 1. The van der Waals surface area contributed by atoms with Gasteiger partial charge in [0.2, 0.25) is 0 Å². The number of aromatic carboxylic acids is 1. The van der Waals surface area contributed by atoms with Crippen LogP contribution in [0.25, 0.3) is 10.9 Å². The summed E-state index contributed by atoms with van der Waals surface area (Å²) in [7, 11) is 0. The minimum absolute atomic E-state index is 0.00474. The van der Waals surface area contributed by atoms with Crippen LogP contribution in [-0.4, -0.2) is 44.8 Å². The van der Waals surface area contributed by atoms with Crippen LogP contribution in [0.5, 0.6) is 0 Å². The molecule has 0 fully saturated rings. The standard InChI is InChI=1S/C17H17N3O3/c1-9(2)20-10(3)16(21)19-15(20)14-12(17(22)23)8-11-6-4-5-7-13(11)18-14/h4-10H,1-3H3,(H,22,23). The van der Waals surface area contributed by atoms with Crippen molar-refractivity contribution in [3.05, 3.63) is 41.6 Å². The van der Waals surface area contributed by atoms with Crippen molar-refractivity contribution in [2.75, 3.05) is 0 Å². The lowest BCUT2D eigenvalue weighted by Crippen LogP contribution is -2.42. The molecule has 0 bridgehead atoms. The topological polar surface area (TPSA) is 82.9 Å². The van der Waals surface area contributed by atoms with E-state index in [4.69, 9.17) is 0 Å². The van der Waals surface area contributed by atoms with Crippen molar-refractivity contribution in [3.8, 4) is 0 Å². The molecular weight excluding hydrogens is 294 g/mol. The Hall–Kier alpha value is -2.76. The number of hydrogen-bond acceptors (Lipinski definition) is 4. The summed E-state index contributed by atoms with van der Waals surface area (Å²) in [6, 6.07) is 8.45. The third kappa shape index (κ3) is 2.46. The van der Waals surface area contributed by atoms with Crippen molar-refractivity contribution in [3.63, 3.8) is 0 Å². The van der Waals surface area contributed by atoms with Gasteiger partial charge in [-0.2, -0.15) is 4.99 Å². The lowest BCUT2D eigenvalue weighted by Gasteiger charge is -2.28. The van der Waals surface area contributed by atoms with Crippen LogP contribution in [0, 0.1) is 0 Å². The highest BCUT2D eigenvalue weighted by Crippen LogP contribution is 2.24. The van der Waals surface area contributed by atoms with E-state index in [-0.39, 0.29) is 23.2 Å². The van der Waals surface area contributed by atoms with Gasteiger partial charge >= 0.3 is 5.97 Å². The maximum absolute atomic E-state index is 12.0. The molecule has 1 N–H and O–H groups in total. The van der Waals surface area contributed by atoms with Gasteiger partial charge in [0, 0.05) is 11.4 Å². The third-order valence-corrected chi connectivity index (χ3v) is 3.96. The summed E-state index contributed by atoms with van der Waals surface area (Å²) in [5.41, 5.74) is 0.962. The van der Waals surface area contributed by atoms with Crippen molar-refractivity contribution in [1.82, 2.24) is 9.88 Å². The Morgan fingerprint density at radius 2 is 2.00 bits per heavy atom. The minimum Gasteiger partial charge on any atom is -0.478 e. The molecule has 0 aliphatic carbocycles. The first-order valence-electron chi connectivity index (χ1n) is 7.44. The molecule has 2 heterocycles. The van der Waals surface area contributed by atoms with Gasteiger partial charge in [-0.05, 0) is 32.9 Å². The van der Waals surface area contributed by atoms with E-state index in [2.05, 4.69) is 9.98 Å².